The number of alkyl halides is 1. The summed E-state index contributed by atoms with van der Waals surface area (Å²) in [5, 5.41) is 10.0. The number of carbonyl (C=O) groups is 1. The van der Waals surface area contributed by atoms with Gasteiger partial charge in [-0.25, -0.2) is 29.4 Å². The fraction of sp³-hybridized carbons (Fsp3) is 0.519. The number of halogens is 1. The molecule has 1 saturated carbocycles. The quantitative estimate of drug-likeness (QED) is 0.325. The van der Waals surface area contributed by atoms with Crippen molar-refractivity contribution in [2.24, 2.45) is 0 Å². The van der Waals surface area contributed by atoms with Gasteiger partial charge in [0.25, 0.3) is 0 Å². The number of fused-ring (bicyclic) bond motifs is 1. The average molecular weight is 566 g/mol. The van der Waals surface area contributed by atoms with Crippen molar-refractivity contribution in [3.05, 3.63) is 30.0 Å². The van der Waals surface area contributed by atoms with Gasteiger partial charge in [-0.1, -0.05) is 5.16 Å². The molecule has 0 radical (unpaired) electrons. The largest absolute Gasteiger partial charge is 0.448 e. The molecule has 0 spiro atoms. The van der Waals surface area contributed by atoms with Crippen molar-refractivity contribution in [2.45, 2.75) is 63.8 Å². The number of nitrogen functional groups attached to an aromatic ring is 1. The van der Waals surface area contributed by atoms with Gasteiger partial charge in [0.1, 0.15) is 30.1 Å². The van der Waals surface area contributed by atoms with Crippen LogP contribution < -0.4 is 5.73 Å². The van der Waals surface area contributed by atoms with Gasteiger partial charge >= 0.3 is 6.09 Å². The van der Waals surface area contributed by atoms with Crippen molar-refractivity contribution in [3.63, 3.8) is 0 Å². The van der Waals surface area contributed by atoms with Crippen LogP contribution in [0, 0.1) is 0 Å². The predicted molar refractivity (Wildman–Crippen MR) is 149 cm³/mol. The lowest BCUT2D eigenvalue weighted by Gasteiger charge is -2.31. The van der Waals surface area contributed by atoms with E-state index in [2.05, 4.69) is 35.9 Å². The Hall–Kier alpha value is -3.80. The number of piperidine rings is 1. The number of nitrogens with zero attached hydrogens (tertiary/aromatic N) is 8. The molecule has 1 aliphatic carbocycles. The third-order valence-electron chi connectivity index (χ3n) is 7.44. The monoisotopic (exact) mass is 565 g/mol. The van der Waals surface area contributed by atoms with Crippen molar-refractivity contribution in [1.82, 2.24) is 39.8 Å². The Balaban J connectivity index is 1.32. The predicted octanol–water partition coefficient (Wildman–Crippen LogP) is 4.71. The zero-order chi connectivity index (χ0) is 28.0. The topological polar surface area (TPSA) is 151 Å². The SMILES string of the molecule is CC(C)(C)n1nc(-c2noc(C3CC3)c2-c2ncc(C3CCN(C(=O)OCCCl)CC3)cn2)c2c(N)ncnc21. The molecule has 1 saturated heterocycles. The molecule has 2 fully saturated rings. The molecule has 1 aliphatic heterocycles. The highest BCUT2D eigenvalue weighted by Gasteiger charge is 2.36. The number of rotatable bonds is 6. The molecule has 2 N–H and O–H groups in total. The Morgan fingerprint density at radius 2 is 1.80 bits per heavy atom. The highest BCUT2D eigenvalue weighted by atomic mass is 35.5. The van der Waals surface area contributed by atoms with Crippen LogP contribution in [0.4, 0.5) is 10.6 Å². The van der Waals surface area contributed by atoms with Crippen molar-refractivity contribution >= 4 is 34.5 Å². The lowest BCUT2D eigenvalue weighted by molar-refractivity contribution is 0.0976. The van der Waals surface area contributed by atoms with E-state index in [-0.39, 0.29) is 36.0 Å². The standard InChI is InChI=1S/C27H32ClN9O3/c1-27(2,3)37-25-19(23(29)32-14-33-25)20(34-37)21-18(22(40-35-21)16-4-5-16)24-30-12-17(13-31-24)15-6-9-36(10-7-15)26(38)39-11-8-28/h12-16H,4-11H2,1-3H3,(H2,29,32,33). The number of amides is 1. The summed E-state index contributed by atoms with van der Waals surface area (Å²) in [5.74, 6) is 2.43. The van der Waals surface area contributed by atoms with Crippen molar-refractivity contribution in [2.75, 3.05) is 31.3 Å². The molecule has 0 aromatic carbocycles. The maximum atomic E-state index is 12.2. The van der Waals surface area contributed by atoms with E-state index in [4.69, 9.17) is 41.7 Å². The fourth-order valence-electron chi connectivity index (χ4n) is 5.20. The van der Waals surface area contributed by atoms with E-state index in [0.29, 0.717) is 47.2 Å². The number of ether oxygens (including phenoxy) is 1. The molecule has 6 rings (SSSR count). The molecule has 5 heterocycles. The van der Waals surface area contributed by atoms with Crippen molar-refractivity contribution in [1.29, 1.82) is 0 Å². The van der Waals surface area contributed by atoms with Crippen LogP contribution in [-0.4, -0.2) is 71.4 Å². The second-order valence-electron chi connectivity index (χ2n) is 11.3. The first-order valence-electron chi connectivity index (χ1n) is 13.6. The molecular weight excluding hydrogens is 534 g/mol. The van der Waals surface area contributed by atoms with Crippen molar-refractivity contribution in [3.8, 4) is 22.8 Å². The van der Waals surface area contributed by atoms with Gasteiger partial charge in [-0.05, 0) is 57.9 Å². The number of hydrogen-bond acceptors (Lipinski definition) is 10. The van der Waals surface area contributed by atoms with E-state index in [1.165, 1.54) is 6.33 Å². The van der Waals surface area contributed by atoms with Crippen LogP contribution in [0.2, 0.25) is 0 Å². The third kappa shape index (κ3) is 4.85. The minimum Gasteiger partial charge on any atom is -0.448 e. The summed E-state index contributed by atoms with van der Waals surface area (Å²) in [5.41, 5.74) is 9.47. The minimum absolute atomic E-state index is 0.217. The smallest absolute Gasteiger partial charge is 0.409 e. The third-order valence-corrected chi connectivity index (χ3v) is 7.60. The minimum atomic E-state index is -0.352. The van der Waals surface area contributed by atoms with Crippen LogP contribution in [0.5, 0.6) is 0 Å². The van der Waals surface area contributed by atoms with Gasteiger partial charge in [0, 0.05) is 31.4 Å². The molecule has 0 atom stereocenters. The van der Waals surface area contributed by atoms with Crippen LogP contribution in [-0.2, 0) is 10.3 Å². The Bertz CT molecular complexity index is 1530. The first kappa shape index (κ1) is 26.4. The van der Waals surface area contributed by atoms with Crippen molar-refractivity contribution < 1.29 is 14.1 Å². The number of anilines is 1. The van der Waals surface area contributed by atoms with Crippen LogP contribution in [0.15, 0.2) is 23.2 Å². The molecule has 2 aliphatic rings. The van der Waals surface area contributed by atoms with Crippen LogP contribution in [0.25, 0.3) is 33.8 Å². The van der Waals surface area contributed by atoms with Gasteiger partial charge < -0.3 is 19.9 Å². The first-order chi connectivity index (χ1) is 19.3. The summed E-state index contributed by atoms with van der Waals surface area (Å²) in [7, 11) is 0. The summed E-state index contributed by atoms with van der Waals surface area (Å²) >= 11 is 5.63. The number of likely N-dealkylation sites (tertiary alicyclic amines) is 1. The van der Waals surface area contributed by atoms with Gasteiger partial charge in [-0.2, -0.15) is 5.10 Å². The molecule has 13 heteroatoms. The van der Waals surface area contributed by atoms with Crippen LogP contribution in [0.3, 0.4) is 0 Å². The van der Waals surface area contributed by atoms with Gasteiger partial charge in [0.05, 0.1) is 22.4 Å². The first-order valence-corrected chi connectivity index (χ1v) is 14.1. The maximum absolute atomic E-state index is 12.2. The van der Waals surface area contributed by atoms with E-state index in [9.17, 15) is 4.79 Å². The van der Waals surface area contributed by atoms with E-state index >= 15 is 0 Å². The number of hydrogen-bond donors (Lipinski definition) is 1. The molecule has 4 aromatic heterocycles. The zero-order valence-corrected chi connectivity index (χ0v) is 23.6. The van der Waals surface area contributed by atoms with E-state index in [0.717, 1.165) is 42.6 Å². The normalized spacial score (nSPS) is 16.6. The summed E-state index contributed by atoms with van der Waals surface area (Å²) < 4.78 is 12.9. The van der Waals surface area contributed by atoms with Gasteiger partial charge in [-0.15, -0.1) is 11.6 Å². The Kier molecular flexibility index (Phi) is 6.81. The second kappa shape index (κ2) is 10.3. The Morgan fingerprint density at radius 3 is 2.45 bits per heavy atom. The fourth-order valence-corrected chi connectivity index (χ4v) is 5.28. The lowest BCUT2D eigenvalue weighted by Crippen LogP contribution is -2.38. The summed E-state index contributed by atoms with van der Waals surface area (Å²) in [6.45, 7) is 7.60. The van der Waals surface area contributed by atoms with Crippen LogP contribution >= 0.6 is 11.6 Å². The van der Waals surface area contributed by atoms with E-state index in [1.54, 1.807) is 4.90 Å². The molecule has 210 valence electrons. The average Bonchev–Trinajstić information content (AvgIpc) is 3.57. The molecular formula is C27H32ClN9O3. The molecule has 12 nitrogen and oxygen atoms in total. The van der Waals surface area contributed by atoms with Gasteiger partial charge in [-0.3, -0.25) is 0 Å². The summed E-state index contributed by atoms with van der Waals surface area (Å²) in [6.07, 6.45) is 8.52. The molecule has 1 amide bonds. The molecule has 4 aromatic rings. The molecule has 40 heavy (non-hydrogen) atoms. The van der Waals surface area contributed by atoms with Gasteiger partial charge in [0.2, 0.25) is 0 Å². The lowest BCUT2D eigenvalue weighted by atomic mass is 9.91. The summed E-state index contributed by atoms with van der Waals surface area (Å²) in [4.78, 5) is 32.1. The zero-order valence-electron chi connectivity index (χ0n) is 22.8. The van der Waals surface area contributed by atoms with E-state index in [1.807, 2.05) is 17.1 Å². The number of carbonyl (C=O) groups excluding carboxylic acids is 1. The second-order valence-corrected chi connectivity index (χ2v) is 11.7. The Labute approximate surface area is 236 Å². The number of nitrogens with two attached hydrogens (primary N) is 1. The van der Waals surface area contributed by atoms with E-state index < -0.39 is 0 Å². The maximum Gasteiger partial charge on any atom is 0.409 e. The van der Waals surface area contributed by atoms with Crippen LogP contribution in [0.1, 0.15) is 69.6 Å². The highest BCUT2D eigenvalue weighted by molar-refractivity contribution is 6.18. The highest BCUT2D eigenvalue weighted by Crippen LogP contribution is 2.48. The van der Waals surface area contributed by atoms with Gasteiger partial charge in [0.15, 0.2) is 17.2 Å². The Morgan fingerprint density at radius 1 is 1.07 bits per heavy atom. The molecule has 0 bridgehead atoms. The molecule has 0 unspecified atom stereocenters. The summed E-state index contributed by atoms with van der Waals surface area (Å²) in [6, 6.07) is 0. The number of aromatic nitrogens is 7.